The topological polar surface area (TPSA) is 62.7 Å². The molecule has 4 nitrogen and oxygen atoms in total. The highest BCUT2D eigenvalue weighted by Crippen LogP contribution is 2.07. The van der Waals surface area contributed by atoms with Crippen molar-refractivity contribution in [3.8, 4) is 0 Å². The highest BCUT2D eigenvalue weighted by molar-refractivity contribution is 6.32. The van der Waals surface area contributed by atoms with Crippen LogP contribution in [0.5, 0.6) is 0 Å². The number of ether oxygens (including phenoxy) is 1. The molecule has 0 aliphatic rings. The SMILES string of the molecule is CC(=[N+]=[N-])C(=O)OCc1ccccc1F. The number of benzene rings is 1. The molecule has 5 heteroatoms. The Morgan fingerprint density at radius 1 is 1.53 bits per heavy atom. The fourth-order valence-corrected chi connectivity index (χ4v) is 0.904. The molecule has 0 unspecified atom stereocenters. The molecule has 78 valence electrons. The fourth-order valence-electron chi connectivity index (χ4n) is 0.904. The van der Waals surface area contributed by atoms with Crippen LogP contribution in [0.2, 0.25) is 0 Å². The third-order valence-electron chi connectivity index (χ3n) is 1.76. The lowest BCUT2D eigenvalue weighted by molar-refractivity contribution is -0.141. The van der Waals surface area contributed by atoms with Gasteiger partial charge in [-0.05, 0) is 6.07 Å². The van der Waals surface area contributed by atoms with Crippen molar-refractivity contribution in [1.29, 1.82) is 0 Å². The van der Waals surface area contributed by atoms with Crippen molar-refractivity contribution in [1.82, 2.24) is 0 Å². The van der Waals surface area contributed by atoms with Gasteiger partial charge in [0, 0.05) is 12.5 Å². The molecule has 0 N–H and O–H groups in total. The van der Waals surface area contributed by atoms with Crippen molar-refractivity contribution in [2.75, 3.05) is 0 Å². The van der Waals surface area contributed by atoms with Crippen LogP contribution < -0.4 is 0 Å². The summed E-state index contributed by atoms with van der Waals surface area (Å²) in [5, 5.41) is 0. The average Bonchev–Trinajstić information content (AvgIpc) is 2.26. The highest BCUT2D eigenvalue weighted by atomic mass is 19.1. The van der Waals surface area contributed by atoms with Gasteiger partial charge in [-0.25, -0.2) is 9.18 Å². The van der Waals surface area contributed by atoms with E-state index in [2.05, 4.69) is 4.79 Å². The molecule has 0 saturated heterocycles. The molecule has 0 spiro atoms. The van der Waals surface area contributed by atoms with Crippen molar-refractivity contribution in [3.05, 3.63) is 41.2 Å². The predicted molar refractivity (Wildman–Crippen MR) is 50.5 cm³/mol. The number of hydrogen-bond acceptors (Lipinski definition) is 2. The Labute approximate surface area is 85.9 Å². The zero-order valence-corrected chi connectivity index (χ0v) is 8.11. The van der Waals surface area contributed by atoms with Crippen molar-refractivity contribution in [2.45, 2.75) is 13.5 Å². The number of hydrogen-bond donors (Lipinski definition) is 0. The van der Waals surface area contributed by atoms with Crippen LogP contribution in [0.3, 0.4) is 0 Å². The first-order valence-corrected chi connectivity index (χ1v) is 4.24. The average molecular weight is 208 g/mol. The maximum Gasteiger partial charge on any atom is 0.416 e. The van der Waals surface area contributed by atoms with Crippen molar-refractivity contribution in [2.24, 2.45) is 0 Å². The molecule has 0 bridgehead atoms. The Balaban J connectivity index is 2.62. The Bertz CT molecular complexity index is 425. The van der Waals surface area contributed by atoms with Gasteiger partial charge in [-0.1, -0.05) is 18.2 Å². The largest absolute Gasteiger partial charge is 0.452 e. The summed E-state index contributed by atoms with van der Waals surface area (Å²) in [6, 6.07) is 5.96. The number of nitrogens with zero attached hydrogens (tertiary/aromatic N) is 2. The number of esters is 1. The minimum Gasteiger partial charge on any atom is -0.452 e. The van der Waals surface area contributed by atoms with Gasteiger partial charge in [-0.2, -0.15) is 4.79 Å². The normalized spacial score (nSPS) is 9.20. The van der Waals surface area contributed by atoms with E-state index in [9.17, 15) is 9.18 Å². The zero-order chi connectivity index (χ0) is 11.3. The van der Waals surface area contributed by atoms with Gasteiger partial charge in [0.1, 0.15) is 12.4 Å². The quantitative estimate of drug-likeness (QED) is 0.327. The van der Waals surface area contributed by atoms with Crippen molar-refractivity contribution >= 4 is 11.7 Å². The second-order valence-corrected chi connectivity index (χ2v) is 2.85. The molecule has 0 heterocycles. The fraction of sp³-hybridized carbons (Fsp3) is 0.200. The third-order valence-corrected chi connectivity index (χ3v) is 1.76. The Morgan fingerprint density at radius 3 is 2.80 bits per heavy atom. The Morgan fingerprint density at radius 2 is 2.20 bits per heavy atom. The smallest absolute Gasteiger partial charge is 0.416 e. The molecule has 1 rings (SSSR count). The summed E-state index contributed by atoms with van der Waals surface area (Å²) in [4.78, 5) is 13.7. The minimum absolute atomic E-state index is 0.175. The van der Waals surface area contributed by atoms with Crippen molar-refractivity contribution in [3.63, 3.8) is 0 Å². The lowest BCUT2D eigenvalue weighted by Crippen LogP contribution is -2.15. The van der Waals surface area contributed by atoms with Crippen LogP contribution in [0.25, 0.3) is 5.53 Å². The van der Waals surface area contributed by atoms with E-state index in [1.807, 2.05) is 0 Å². The van der Waals surface area contributed by atoms with Gasteiger partial charge in [0.2, 0.25) is 0 Å². The van der Waals surface area contributed by atoms with Gasteiger partial charge in [-0.15, -0.1) is 0 Å². The molecular weight excluding hydrogens is 199 g/mol. The molecule has 0 amide bonds. The van der Waals surface area contributed by atoms with E-state index in [0.717, 1.165) is 0 Å². The molecule has 0 saturated carbocycles. The standard InChI is InChI=1S/C10H9FN2O2/c1-7(13-12)10(14)15-6-8-4-2-3-5-9(8)11/h2-5H,6H2,1H3. The van der Waals surface area contributed by atoms with Crippen LogP contribution in [-0.2, 0) is 16.1 Å². The number of carbonyl (C=O) groups is 1. The number of halogens is 1. The Hall–Kier alpha value is -2.00. The molecule has 0 fully saturated rings. The lowest BCUT2D eigenvalue weighted by atomic mass is 10.2. The molecule has 1 aromatic rings. The van der Waals surface area contributed by atoms with E-state index in [1.165, 1.54) is 19.1 Å². The van der Waals surface area contributed by atoms with Gasteiger partial charge in [-0.3, -0.25) is 0 Å². The molecule has 0 atom stereocenters. The molecule has 15 heavy (non-hydrogen) atoms. The summed E-state index contributed by atoms with van der Waals surface area (Å²) in [5.41, 5.74) is 8.37. The third kappa shape index (κ3) is 3.00. The van der Waals surface area contributed by atoms with Gasteiger partial charge in [0.15, 0.2) is 0 Å². The van der Waals surface area contributed by atoms with Crippen LogP contribution in [0.15, 0.2) is 24.3 Å². The first kappa shape index (κ1) is 11.1. The predicted octanol–water partition coefficient (Wildman–Crippen LogP) is 1.56. The summed E-state index contributed by atoms with van der Waals surface area (Å²) in [6.07, 6.45) is 0. The van der Waals surface area contributed by atoms with E-state index in [4.69, 9.17) is 10.3 Å². The van der Waals surface area contributed by atoms with Gasteiger partial charge in [0.05, 0.1) is 0 Å². The van der Waals surface area contributed by atoms with Crippen LogP contribution >= 0.6 is 0 Å². The summed E-state index contributed by atoms with van der Waals surface area (Å²) in [7, 11) is 0. The van der Waals surface area contributed by atoms with Gasteiger partial charge >= 0.3 is 11.7 Å². The number of carbonyl (C=O) groups excluding carboxylic acids is 1. The van der Waals surface area contributed by atoms with E-state index >= 15 is 0 Å². The summed E-state index contributed by atoms with van der Waals surface area (Å²) in [6.45, 7) is 1.11. The van der Waals surface area contributed by atoms with Crippen LogP contribution in [-0.4, -0.2) is 16.5 Å². The summed E-state index contributed by atoms with van der Waals surface area (Å²) in [5.74, 6) is -1.22. The molecular formula is C10H9FN2O2. The molecule has 1 aromatic carbocycles. The molecule has 0 aromatic heterocycles. The first-order valence-electron chi connectivity index (χ1n) is 4.24. The maximum atomic E-state index is 13.1. The van der Waals surface area contributed by atoms with Crippen molar-refractivity contribution < 1.29 is 18.7 Å². The minimum atomic E-state index is -0.777. The Kier molecular flexibility index (Phi) is 3.71. The van der Waals surface area contributed by atoms with Gasteiger partial charge < -0.3 is 10.3 Å². The van der Waals surface area contributed by atoms with Gasteiger partial charge in [0.25, 0.3) is 0 Å². The summed E-state index contributed by atoms with van der Waals surface area (Å²) >= 11 is 0. The van der Waals surface area contributed by atoms with Crippen LogP contribution in [0, 0.1) is 5.82 Å². The van der Waals surface area contributed by atoms with Crippen LogP contribution in [0.4, 0.5) is 4.39 Å². The van der Waals surface area contributed by atoms with E-state index < -0.39 is 11.8 Å². The monoisotopic (exact) mass is 208 g/mol. The van der Waals surface area contributed by atoms with E-state index in [0.29, 0.717) is 0 Å². The second kappa shape index (κ2) is 5.02. The molecule has 0 radical (unpaired) electrons. The highest BCUT2D eigenvalue weighted by Gasteiger charge is 2.15. The van der Waals surface area contributed by atoms with E-state index in [1.54, 1.807) is 12.1 Å². The maximum absolute atomic E-state index is 13.1. The van der Waals surface area contributed by atoms with Crippen LogP contribution in [0.1, 0.15) is 12.5 Å². The molecule has 0 aliphatic carbocycles. The second-order valence-electron chi connectivity index (χ2n) is 2.85. The summed E-state index contributed by atoms with van der Waals surface area (Å²) < 4.78 is 17.7. The molecule has 0 aliphatic heterocycles. The lowest BCUT2D eigenvalue weighted by Gasteiger charge is -2.02. The first-order chi connectivity index (χ1) is 7.15. The number of rotatable bonds is 3. The zero-order valence-electron chi connectivity index (χ0n) is 8.11. The van der Waals surface area contributed by atoms with E-state index in [-0.39, 0.29) is 17.9 Å².